The largest absolute Gasteiger partial charge is 0.365 e. The third kappa shape index (κ3) is 2.98. The number of hydrogen-bond donors (Lipinski definition) is 1. The molecule has 104 valence electrons. The first kappa shape index (κ1) is 14.1. The maximum Gasteiger partial charge on any atom is 0.159 e. The Bertz CT molecular complexity index is 468. The van der Waals surface area contributed by atoms with Crippen molar-refractivity contribution in [1.29, 1.82) is 0 Å². The molecule has 0 bridgehead atoms. The van der Waals surface area contributed by atoms with Crippen LogP contribution in [-0.4, -0.2) is 31.0 Å². The van der Waals surface area contributed by atoms with Crippen molar-refractivity contribution >= 4 is 11.5 Å². The van der Waals surface area contributed by atoms with E-state index in [9.17, 15) is 4.79 Å². The number of benzene rings is 1. The molecular weight excluding hydrogens is 236 g/mol. The number of likely N-dealkylation sites (N-methyl/N-ethyl adjacent to an activating group) is 1. The second kappa shape index (κ2) is 5.33. The van der Waals surface area contributed by atoms with Gasteiger partial charge in [0, 0.05) is 29.4 Å². The summed E-state index contributed by atoms with van der Waals surface area (Å²) in [7, 11) is 2.02. The summed E-state index contributed by atoms with van der Waals surface area (Å²) in [5, 5.41) is 3.37. The Labute approximate surface area is 116 Å². The average Bonchev–Trinajstić information content (AvgIpc) is 2.38. The lowest BCUT2D eigenvalue weighted by Gasteiger charge is -2.47. The molecule has 1 aromatic rings. The highest BCUT2D eigenvalue weighted by Crippen LogP contribution is 2.32. The van der Waals surface area contributed by atoms with E-state index in [-0.39, 0.29) is 11.3 Å². The molecule has 1 aromatic carbocycles. The van der Waals surface area contributed by atoms with Crippen LogP contribution in [0.15, 0.2) is 24.3 Å². The van der Waals surface area contributed by atoms with Gasteiger partial charge in [-0.1, -0.05) is 12.1 Å². The van der Waals surface area contributed by atoms with Gasteiger partial charge in [0.25, 0.3) is 0 Å². The van der Waals surface area contributed by atoms with Crippen LogP contribution in [0, 0.1) is 0 Å². The van der Waals surface area contributed by atoms with Crippen LogP contribution in [0.5, 0.6) is 0 Å². The van der Waals surface area contributed by atoms with Crippen LogP contribution in [0.2, 0.25) is 0 Å². The number of piperidine rings is 1. The molecule has 1 aliphatic heterocycles. The minimum atomic E-state index is 0.127. The summed E-state index contributed by atoms with van der Waals surface area (Å²) in [6, 6.07) is 8.51. The molecule has 0 spiro atoms. The van der Waals surface area contributed by atoms with Crippen molar-refractivity contribution in [3.63, 3.8) is 0 Å². The van der Waals surface area contributed by atoms with Gasteiger partial charge in [0.2, 0.25) is 0 Å². The Morgan fingerprint density at radius 1 is 1.42 bits per heavy atom. The molecule has 3 nitrogen and oxygen atoms in total. The monoisotopic (exact) mass is 260 g/mol. The minimum absolute atomic E-state index is 0.127. The highest BCUT2D eigenvalue weighted by molar-refractivity contribution is 5.95. The summed E-state index contributed by atoms with van der Waals surface area (Å²) in [5.74, 6) is 0.127. The zero-order valence-electron chi connectivity index (χ0n) is 12.4. The molecule has 0 amide bonds. The van der Waals surface area contributed by atoms with Crippen molar-refractivity contribution in [3.05, 3.63) is 29.8 Å². The Morgan fingerprint density at radius 3 is 2.79 bits per heavy atom. The molecule has 1 atom stereocenters. The van der Waals surface area contributed by atoms with Gasteiger partial charge >= 0.3 is 0 Å². The van der Waals surface area contributed by atoms with E-state index in [1.807, 2.05) is 25.2 Å². The Kier molecular flexibility index (Phi) is 3.95. The van der Waals surface area contributed by atoms with Gasteiger partial charge < -0.3 is 10.2 Å². The van der Waals surface area contributed by atoms with Crippen molar-refractivity contribution in [2.45, 2.75) is 45.2 Å². The number of nitrogens with one attached hydrogen (secondary N) is 1. The maximum atomic E-state index is 11.5. The van der Waals surface area contributed by atoms with Crippen molar-refractivity contribution in [2.75, 3.05) is 18.5 Å². The van der Waals surface area contributed by atoms with Crippen LogP contribution in [0.1, 0.15) is 44.0 Å². The van der Waals surface area contributed by atoms with E-state index in [0.29, 0.717) is 6.04 Å². The topological polar surface area (TPSA) is 32.3 Å². The summed E-state index contributed by atoms with van der Waals surface area (Å²) < 4.78 is 0. The smallest absolute Gasteiger partial charge is 0.159 e. The summed E-state index contributed by atoms with van der Waals surface area (Å²) in [6.07, 6.45) is 2.36. The van der Waals surface area contributed by atoms with Gasteiger partial charge in [0.05, 0.1) is 0 Å². The maximum absolute atomic E-state index is 11.5. The van der Waals surface area contributed by atoms with Crippen molar-refractivity contribution < 1.29 is 4.79 Å². The Hall–Kier alpha value is -1.35. The number of carbonyl (C=O) groups is 1. The number of anilines is 1. The highest BCUT2D eigenvalue weighted by atomic mass is 16.1. The molecule has 3 heteroatoms. The second-order valence-electron chi connectivity index (χ2n) is 6.05. The lowest BCUT2D eigenvalue weighted by Crippen LogP contribution is -2.55. The fourth-order valence-corrected chi connectivity index (χ4v) is 2.80. The molecule has 1 N–H and O–H groups in total. The summed E-state index contributed by atoms with van der Waals surface area (Å²) in [5.41, 5.74) is 2.08. The molecule has 0 aliphatic carbocycles. The van der Waals surface area contributed by atoms with Gasteiger partial charge in [-0.15, -0.1) is 0 Å². The molecule has 19 heavy (non-hydrogen) atoms. The number of carbonyl (C=O) groups excluding carboxylic acids is 1. The summed E-state index contributed by atoms with van der Waals surface area (Å²) in [6.45, 7) is 7.17. The molecule has 0 aromatic heterocycles. The number of rotatable bonds is 3. The van der Waals surface area contributed by atoms with Crippen LogP contribution in [-0.2, 0) is 0 Å². The van der Waals surface area contributed by atoms with Gasteiger partial charge in [-0.25, -0.2) is 0 Å². The molecule has 2 rings (SSSR count). The molecule has 0 radical (unpaired) electrons. The first-order chi connectivity index (χ1) is 8.94. The number of hydrogen-bond acceptors (Lipinski definition) is 3. The molecule has 1 aliphatic rings. The first-order valence-electron chi connectivity index (χ1n) is 7.00. The lowest BCUT2D eigenvalue weighted by molar-refractivity contribution is 0.101. The molecule has 1 saturated heterocycles. The van der Waals surface area contributed by atoms with E-state index in [0.717, 1.165) is 24.2 Å². The molecule has 1 fully saturated rings. The molecule has 1 heterocycles. The Balaban J connectivity index is 2.31. The van der Waals surface area contributed by atoms with Crippen LogP contribution < -0.4 is 10.2 Å². The fraction of sp³-hybridized carbons (Fsp3) is 0.562. The van der Waals surface area contributed by atoms with E-state index >= 15 is 0 Å². The standard InChI is InChI=1S/C16H24N2O/c1-12(19)13-6-5-7-15(10-13)18-11-14(17-4)8-9-16(18,2)3/h5-7,10,14,17H,8-9,11H2,1-4H3. The van der Waals surface area contributed by atoms with Crippen LogP contribution in [0.4, 0.5) is 5.69 Å². The number of ketones is 1. The van der Waals surface area contributed by atoms with Crippen molar-refractivity contribution in [2.24, 2.45) is 0 Å². The number of nitrogens with zero attached hydrogens (tertiary/aromatic N) is 1. The Morgan fingerprint density at radius 2 is 2.16 bits per heavy atom. The second-order valence-corrected chi connectivity index (χ2v) is 6.05. The third-order valence-electron chi connectivity index (χ3n) is 4.21. The van der Waals surface area contributed by atoms with E-state index in [1.54, 1.807) is 6.92 Å². The molecule has 0 saturated carbocycles. The minimum Gasteiger partial charge on any atom is -0.365 e. The third-order valence-corrected chi connectivity index (χ3v) is 4.21. The summed E-state index contributed by atoms with van der Waals surface area (Å²) >= 11 is 0. The lowest BCUT2D eigenvalue weighted by atomic mass is 9.87. The molecular formula is C16H24N2O. The van der Waals surface area contributed by atoms with Gasteiger partial charge in [0.1, 0.15) is 0 Å². The van der Waals surface area contributed by atoms with Crippen LogP contribution in [0.25, 0.3) is 0 Å². The predicted octanol–water partition coefficient (Wildman–Crippen LogP) is 2.86. The van der Waals surface area contributed by atoms with Crippen LogP contribution in [0.3, 0.4) is 0 Å². The van der Waals surface area contributed by atoms with Gasteiger partial charge in [0.15, 0.2) is 5.78 Å². The fourth-order valence-electron chi connectivity index (χ4n) is 2.80. The van der Waals surface area contributed by atoms with E-state index in [2.05, 4.69) is 30.1 Å². The zero-order chi connectivity index (χ0) is 14.0. The van der Waals surface area contributed by atoms with Gasteiger partial charge in [-0.2, -0.15) is 0 Å². The van der Waals surface area contributed by atoms with E-state index in [1.165, 1.54) is 6.42 Å². The summed E-state index contributed by atoms with van der Waals surface area (Å²) in [4.78, 5) is 14.0. The molecule has 1 unspecified atom stereocenters. The van der Waals surface area contributed by atoms with E-state index < -0.39 is 0 Å². The normalized spacial score (nSPS) is 22.3. The van der Waals surface area contributed by atoms with Crippen molar-refractivity contribution in [1.82, 2.24) is 5.32 Å². The number of Topliss-reactive ketones (excluding diaryl/α,β-unsaturated/α-hetero) is 1. The first-order valence-corrected chi connectivity index (χ1v) is 7.00. The van der Waals surface area contributed by atoms with Gasteiger partial charge in [-0.3, -0.25) is 4.79 Å². The highest BCUT2D eigenvalue weighted by Gasteiger charge is 2.33. The van der Waals surface area contributed by atoms with E-state index in [4.69, 9.17) is 0 Å². The predicted molar refractivity (Wildman–Crippen MR) is 80.0 cm³/mol. The van der Waals surface area contributed by atoms with Gasteiger partial charge in [-0.05, 0) is 52.8 Å². The zero-order valence-corrected chi connectivity index (χ0v) is 12.4. The quantitative estimate of drug-likeness (QED) is 0.848. The average molecular weight is 260 g/mol. The van der Waals surface area contributed by atoms with Crippen molar-refractivity contribution in [3.8, 4) is 0 Å². The van der Waals surface area contributed by atoms with Crippen LogP contribution >= 0.6 is 0 Å². The SMILES string of the molecule is CNC1CCC(C)(C)N(c2cccc(C(C)=O)c2)C1.